The maximum atomic E-state index is 13.4. The third kappa shape index (κ3) is 4.25. The number of hydrogen-bond acceptors (Lipinski definition) is 7. The Morgan fingerprint density at radius 3 is 2.51 bits per heavy atom. The first-order chi connectivity index (χ1) is 17.7. The van der Waals surface area contributed by atoms with Gasteiger partial charge in [0.25, 0.3) is 5.91 Å². The Kier molecular flexibility index (Phi) is 5.90. The van der Waals surface area contributed by atoms with E-state index in [0.29, 0.717) is 35.1 Å². The zero-order chi connectivity index (χ0) is 25.9. The Morgan fingerprint density at radius 2 is 1.92 bits per heavy atom. The molecule has 5 fully saturated rings. The minimum atomic E-state index is -0.500. The summed E-state index contributed by atoms with van der Waals surface area (Å²) in [5, 5.41) is 27.9. The van der Waals surface area contributed by atoms with Gasteiger partial charge in [-0.1, -0.05) is 0 Å². The van der Waals surface area contributed by atoms with Crippen LogP contribution in [0.25, 0.3) is 0 Å². The van der Waals surface area contributed by atoms with Crippen LogP contribution in [0.1, 0.15) is 66.6 Å². The second kappa shape index (κ2) is 9.02. The fraction of sp³-hybridized carbons (Fsp3) is 0.643. The van der Waals surface area contributed by atoms with Crippen molar-refractivity contribution in [2.45, 2.75) is 69.6 Å². The van der Waals surface area contributed by atoms with Gasteiger partial charge in [-0.05, 0) is 81.8 Å². The molecule has 9 heteroatoms. The van der Waals surface area contributed by atoms with E-state index in [4.69, 9.17) is 5.26 Å². The van der Waals surface area contributed by atoms with Gasteiger partial charge in [0.2, 0.25) is 0 Å². The SMILES string of the molecule is Cc1c(C(=O)N[C@H]2C3CC4CC2C[C@](O)(C4)C3)nn(C)c1N(C)C1CCN(c2ccc(C#N)cn2)CC1. The van der Waals surface area contributed by atoms with Crippen molar-refractivity contribution in [2.75, 3.05) is 29.9 Å². The first-order valence-electron chi connectivity index (χ1n) is 13.7. The molecule has 0 spiro atoms. The first kappa shape index (κ1) is 24.2. The van der Waals surface area contributed by atoms with E-state index in [9.17, 15) is 9.90 Å². The Balaban J connectivity index is 1.12. The van der Waals surface area contributed by atoms with Gasteiger partial charge in [0.15, 0.2) is 5.69 Å². The van der Waals surface area contributed by atoms with E-state index in [1.807, 2.05) is 30.8 Å². The van der Waals surface area contributed by atoms with Crippen molar-refractivity contribution < 1.29 is 9.90 Å². The van der Waals surface area contributed by atoms with Crippen LogP contribution in [0.3, 0.4) is 0 Å². The molecule has 5 aliphatic rings. The van der Waals surface area contributed by atoms with Gasteiger partial charge in [0.05, 0.1) is 11.2 Å². The number of aryl methyl sites for hydroxylation is 1. The third-order valence-corrected chi connectivity index (χ3v) is 9.55. The highest BCUT2D eigenvalue weighted by molar-refractivity contribution is 5.95. The molecule has 196 valence electrons. The standard InChI is InChI=1S/C28H37N7O2/c1-17-24(26(36)31-25-20-10-19-11-21(25)14-28(37,12-19)13-20)32-34(3)27(17)33(2)22-6-8-35(9-7-22)23-5-4-18(15-29)16-30-23/h4-5,16,19-22,25,37H,6-14H2,1-3H3,(H,31,36)/t19?,20?,21?,25-,28-. The smallest absolute Gasteiger partial charge is 0.272 e. The molecule has 4 saturated carbocycles. The Labute approximate surface area is 218 Å². The summed E-state index contributed by atoms with van der Waals surface area (Å²) in [6.07, 6.45) is 8.39. The first-order valence-corrected chi connectivity index (χ1v) is 13.7. The van der Waals surface area contributed by atoms with Crippen LogP contribution in [0.2, 0.25) is 0 Å². The van der Waals surface area contributed by atoms with E-state index in [0.717, 1.165) is 75.2 Å². The molecule has 0 aromatic carbocycles. The van der Waals surface area contributed by atoms with Crippen LogP contribution >= 0.6 is 0 Å². The van der Waals surface area contributed by atoms with Gasteiger partial charge in [-0.15, -0.1) is 0 Å². The zero-order valence-corrected chi connectivity index (χ0v) is 22.0. The summed E-state index contributed by atoms with van der Waals surface area (Å²) in [6.45, 7) is 3.77. The fourth-order valence-electron chi connectivity index (χ4n) is 8.06. The lowest BCUT2D eigenvalue weighted by molar-refractivity contribution is -0.136. The van der Waals surface area contributed by atoms with Gasteiger partial charge in [-0.2, -0.15) is 10.4 Å². The lowest BCUT2D eigenvalue weighted by Gasteiger charge is -2.58. The summed E-state index contributed by atoms with van der Waals surface area (Å²) in [4.78, 5) is 22.4. The molecule has 4 aliphatic carbocycles. The highest BCUT2D eigenvalue weighted by Crippen LogP contribution is 2.55. The molecule has 2 N–H and O–H groups in total. The van der Waals surface area contributed by atoms with E-state index >= 15 is 0 Å². The van der Waals surface area contributed by atoms with Crippen LogP contribution in [0, 0.1) is 36.0 Å². The van der Waals surface area contributed by atoms with E-state index in [-0.39, 0.29) is 11.9 Å². The van der Waals surface area contributed by atoms with Crippen LogP contribution in [0.15, 0.2) is 18.3 Å². The van der Waals surface area contributed by atoms with Gasteiger partial charge in [-0.3, -0.25) is 9.48 Å². The summed E-state index contributed by atoms with van der Waals surface area (Å²) < 4.78 is 1.85. The van der Waals surface area contributed by atoms with Crippen LogP contribution in [-0.2, 0) is 7.05 Å². The molecular formula is C28H37N7O2. The lowest BCUT2D eigenvalue weighted by atomic mass is 9.52. The number of piperidine rings is 1. The predicted octanol–water partition coefficient (Wildman–Crippen LogP) is 2.77. The Morgan fingerprint density at radius 1 is 1.22 bits per heavy atom. The molecule has 1 aliphatic heterocycles. The molecular weight excluding hydrogens is 466 g/mol. The van der Waals surface area contributed by atoms with Crippen molar-refractivity contribution in [1.29, 1.82) is 5.26 Å². The highest BCUT2D eigenvalue weighted by Gasteiger charge is 2.55. The molecule has 3 heterocycles. The summed E-state index contributed by atoms with van der Waals surface area (Å²) in [6, 6.07) is 6.34. The molecule has 1 saturated heterocycles. The Hall–Kier alpha value is -3.12. The molecule has 2 unspecified atom stereocenters. The summed E-state index contributed by atoms with van der Waals surface area (Å²) in [7, 11) is 4.02. The average Bonchev–Trinajstić information content (AvgIpc) is 3.18. The second-order valence-corrected chi connectivity index (χ2v) is 12.0. The molecule has 9 nitrogen and oxygen atoms in total. The number of nitrogens with one attached hydrogen (secondary N) is 1. The number of rotatable bonds is 5. The number of nitrogens with zero attached hydrogens (tertiary/aromatic N) is 6. The molecule has 2 aromatic heterocycles. The van der Waals surface area contributed by atoms with Gasteiger partial charge < -0.3 is 20.2 Å². The number of aromatic nitrogens is 3. The number of carbonyl (C=O) groups is 1. The molecule has 2 aromatic rings. The summed E-state index contributed by atoms with van der Waals surface area (Å²) in [5.74, 6) is 3.18. The van der Waals surface area contributed by atoms with Crippen molar-refractivity contribution in [1.82, 2.24) is 20.1 Å². The van der Waals surface area contributed by atoms with E-state index in [1.165, 1.54) is 0 Å². The number of amides is 1. The second-order valence-electron chi connectivity index (χ2n) is 12.0. The maximum absolute atomic E-state index is 13.4. The molecule has 7 rings (SSSR count). The highest BCUT2D eigenvalue weighted by atomic mass is 16.3. The minimum absolute atomic E-state index is 0.0843. The molecule has 1 amide bonds. The number of hydrogen-bond donors (Lipinski definition) is 2. The van der Waals surface area contributed by atoms with E-state index in [1.54, 1.807) is 6.20 Å². The average molecular weight is 504 g/mol. The van der Waals surface area contributed by atoms with Crippen molar-refractivity contribution in [3.63, 3.8) is 0 Å². The lowest BCUT2D eigenvalue weighted by Crippen LogP contribution is -2.61. The molecule has 2 atom stereocenters. The quantitative estimate of drug-likeness (QED) is 0.646. The predicted molar refractivity (Wildman–Crippen MR) is 140 cm³/mol. The normalized spacial score (nSPS) is 30.8. The number of carbonyl (C=O) groups excluding carboxylic acids is 1. The molecule has 0 radical (unpaired) electrons. The molecule has 37 heavy (non-hydrogen) atoms. The van der Waals surface area contributed by atoms with Gasteiger partial charge in [0, 0.05) is 51.0 Å². The third-order valence-electron chi connectivity index (χ3n) is 9.55. The van der Waals surface area contributed by atoms with Crippen molar-refractivity contribution in [3.8, 4) is 6.07 Å². The summed E-state index contributed by atoms with van der Waals surface area (Å²) in [5.41, 5.74) is 1.50. The zero-order valence-electron chi connectivity index (χ0n) is 22.0. The van der Waals surface area contributed by atoms with E-state index < -0.39 is 5.60 Å². The minimum Gasteiger partial charge on any atom is -0.390 e. The van der Waals surface area contributed by atoms with Gasteiger partial charge in [0.1, 0.15) is 17.7 Å². The van der Waals surface area contributed by atoms with Crippen LogP contribution in [0.4, 0.5) is 11.6 Å². The van der Waals surface area contributed by atoms with Crippen molar-refractivity contribution >= 4 is 17.5 Å². The number of nitriles is 1. The fourth-order valence-corrected chi connectivity index (χ4v) is 8.06. The van der Waals surface area contributed by atoms with Gasteiger partial charge >= 0.3 is 0 Å². The monoisotopic (exact) mass is 503 g/mol. The van der Waals surface area contributed by atoms with Crippen molar-refractivity contribution in [2.24, 2.45) is 24.8 Å². The number of pyridine rings is 1. The largest absolute Gasteiger partial charge is 0.390 e. The van der Waals surface area contributed by atoms with Gasteiger partial charge in [-0.25, -0.2) is 4.98 Å². The van der Waals surface area contributed by atoms with Crippen LogP contribution < -0.4 is 15.1 Å². The van der Waals surface area contributed by atoms with E-state index in [2.05, 4.69) is 38.3 Å². The topological polar surface area (TPSA) is 110 Å². The van der Waals surface area contributed by atoms with Crippen molar-refractivity contribution in [3.05, 3.63) is 35.2 Å². The molecule has 4 bridgehead atoms. The van der Waals surface area contributed by atoms with Crippen LogP contribution in [-0.4, -0.2) is 63.6 Å². The summed E-state index contributed by atoms with van der Waals surface area (Å²) >= 11 is 0. The maximum Gasteiger partial charge on any atom is 0.272 e. The number of anilines is 2. The van der Waals surface area contributed by atoms with Crippen LogP contribution in [0.5, 0.6) is 0 Å². The Bertz CT molecular complexity index is 1210. The number of aliphatic hydroxyl groups is 1.